The molecule has 34 heavy (non-hydrogen) atoms. The number of carbonyl (C=O) groups is 1. The van der Waals surface area contributed by atoms with E-state index in [-0.39, 0.29) is 36.2 Å². The molecule has 4 aliphatic heterocycles. The fraction of sp³-hybridized carbons (Fsp3) is 0.545. The maximum absolute atomic E-state index is 12.8. The van der Waals surface area contributed by atoms with Gasteiger partial charge in [-0.05, 0) is 24.8 Å². The summed E-state index contributed by atoms with van der Waals surface area (Å²) in [6.07, 6.45) is 3.79. The van der Waals surface area contributed by atoms with E-state index in [2.05, 4.69) is 19.5 Å². The topological polar surface area (TPSA) is 110 Å². The molecule has 12 heteroatoms. The number of alkyl halides is 2. The number of amides is 1. The number of likely N-dealkylation sites (tertiary alicyclic amines) is 1. The highest BCUT2D eigenvalue weighted by atomic mass is 19.3. The van der Waals surface area contributed by atoms with E-state index in [0.717, 1.165) is 25.2 Å². The number of fused-ring (bicyclic) bond motifs is 2. The first-order chi connectivity index (χ1) is 16.4. The van der Waals surface area contributed by atoms with Gasteiger partial charge in [-0.25, -0.2) is 9.97 Å². The highest BCUT2D eigenvalue weighted by molar-refractivity contribution is 5.80. The summed E-state index contributed by atoms with van der Waals surface area (Å²) in [4.78, 5) is 32.1. The molecule has 4 saturated heterocycles. The Labute approximate surface area is 194 Å². The summed E-state index contributed by atoms with van der Waals surface area (Å²) < 4.78 is 35.1. The maximum atomic E-state index is 12.8. The van der Waals surface area contributed by atoms with Gasteiger partial charge < -0.3 is 29.9 Å². The van der Waals surface area contributed by atoms with E-state index in [0.29, 0.717) is 42.3 Å². The second kappa shape index (κ2) is 7.90. The molecule has 2 atom stereocenters. The zero-order valence-corrected chi connectivity index (χ0v) is 18.6. The van der Waals surface area contributed by atoms with Gasteiger partial charge in [0.1, 0.15) is 12.4 Å². The molecule has 7 rings (SSSR count). The van der Waals surface area contributed by atoms with Gasteiger partial charge in [0.05, 0.1) is 17.8 Å². The Morgan fingerprint density at radius 3 is 2.65 bits per heavy atom. The predicted molar refractivity (Wildman–Crippen MR) is 119 cm³/mol. The Balaban J connectivity index is 1.31. The van der Waals surface area contributed by atoms with Crippen LogP contribution in [0.1, 0.15) is 12.8 Å². The number of methoxy groups -OCH3 is 1. The number of rotatable bonds is 7. The van der Waals surface area contributed by atoms with Crippen molar-refractivity contribution in [2.75, 3.05) is 48.9 Å². The molecular weight excluding hydrogens is 448 g/mol. The summed E-state index contributed by atoms with van der Waals surface area (Å²) in [5, 5.41) is 0. The Morgan fingerprint density at radius 1 is 1.18 bits per heavy atom. The van der Waals surface area contributed by atoms with Crippen LogP contribution in [0.5, 0.6) is 5.75 Å². The number of piperazine rings is 1. The molecule has 5 fully saturated rings. The molecular formula is C22H25F2N7O3. The summed E-state index contributed by atoms with van der Waals surface area (Å²) >= 11 is 0. The molecule has 10 nitrogen and oxygen atoms in total. The molecule has 1 aliphatic carbocycles. The fourth-order valence-electron chi connectivity index (χ4n) is 5.42. The molecule has 6 heterocycles. The number of halogens is 2. The number of carbonyl (C=O) groups excluding carboxylic acids is 1. The third-order valence-corrected chi connectivity index (χ3v) is 7.35. The van der Waals surface area contributed by atoms with Crippen molar-refractivity contribution < 1.29 is 23.0 Å². The largest absolute Gasteiger partial charge is 0.431 e. The van der Waals surface area contributed by atoms with Crippen LogP contribution in [0.3, 0.4) is 0 Å². The average Bonchev–Trinajstić information content (AvgIpc) is 3.38. The lowest BCUT2D eigenvalue weighted by Gasteiger charge is -2.62. The predicted octanol–water partition coefficient (Wildman–Crippen LogP) is 1.37. The van der Waals surface area contributed by atoms with Crippen molar-refractivity contribution in [2.24, 2.45) is 5.92 Å². The number of anilines is 3. The Bertz CT molecular complexity index is 1130. The summed E-state index contributed by atoms with van der Waals surface area (Å²) in [7, 11) is 1.51. The van der Waals surface area contributed by atoms with Crippen LogP contribution >= 0.6 is 0 Å². The third kappa shape index (κ3) is 3.39. The van der Waals surface area contributed by atoms with Gasteiger partial charge in [-0.15, -0.1) is 0 Å². The van der Waals surface area contributed by atoms with Crippen molar-refractivity contribution in [3.63, 3.8) is 0 Å². The van der Waals surface area contributed by atoms with E-state index in [4.69, 9.17) is 20.4 Å². The lowest BCUT2D eigenvalue weighted by Crippen LogP contribution is -2.80. The number of pyridine rings is 1. The van der Waals surface area contributed by atoms with E-state index >= 15 is 0 Å². The summed E-state index contributed by atoms with van der Waals surface area (Å²) in [6, 6.07) is 4.03. The smallest absolute Gasteiger partial charge is 0.387 e. The van der Waals surface area contributed by atoms with Gasteiger partial charge in [-0.2, -0.15) is 13.8 Å². The molecule has 2 aromatic rings. The maximum Gasteiger partial charge on any atom is 0.387 e. The normalized spacial score (nSPS) is 26.6. The van der Waals surface area contributed by atoms with Gasteiger partial charge >= 0.3 is 6.61 Å². The monoisotopic (exact) mass is 473 g/mol. The number of nitrogen functional groups attached to an aromatic ring is 1. The molecule has 5 aliphatic rings. The van der Waals surface area contributed by atoms with Crippen LogP contribution < -0.4 is 20.3 Å². The Kier molecular flexibility index (Phi) is 4.94. The summed E-state index contributed by atoms with van der Waals surface area (Å²) in [6.45, 7) is -0.727. The summed E-state index contributed by atoms with van der Waals surface area (Å²) in [5.41, 5.74) is 6.80. The van der Waals surface area contributed by atoms with E-state index < -0.39 is 6.61 Å². The van der Waals surface area contributed by atoms with Gasteiger partial charge in [0, 0.05) is 50.6 Å². The van der Waals surface area contributed by atoms with Crippen molar-refractivity contribution >= 4 is 23.5 Å². The van der Waals surface area contributed by atoms with Gasteiger partial charge in [0.25, 0.3) is 0 Å². The first-order valence-corrected chi connectivity index (χ1v) is 11.3. The highest BCUT2D eigenvalue weighted by Crippen LogP contribution is 2.44. The molecule has 1 amide bonds. The molecule has 2 N–H and O–H groups in total. The molecule has 2 bridgehead atoms. The zero-order valence-electron chi connectivity index (χ0n) is 18.6. The van der Waals surface area contributed by atoms with Gasteiger partial charge in [0.2, 0.25) is 11.9 Å². The average molecular weight is 473 g/mol. The lowest BCUT2D eigenvalue weighted by molar-refractivity contribution is -0.147. The van der Waals surface area contributed by atoms with Crippen LogP contribution in [0.4, 0.5) is 26.4 Å². The van der Waals surface area contributed by atoms with E-state index in [1.165, 1.54) is 19.4 Å². The van der Waals surface area contributed by atoms with Crippen LogP contribution in [0.15, 0.2) is 18.3 Å². The minimum Gasteiger partial charge on any atom is -0.431 e. The number of hydrogen-bond donors (Lipinski definition) is 1. The highest BCUT2D eigenvalue weighted by Gasteiger charge is 2.54. The molecule has 180 valence electrons. The molecule has 1 saturated carbocycles. The SMILES string of the molecule is COCC(=O)N1CC2[C@H]1CN2c1cc(-c2cnc(N)c(OC(F)F)c2)nc(N2CC3CC2C3)n1. The van der Waals surface area contributed by atoms with Crippen molar-refractivity contribution in [1.82, 2.24) is 19.9 Å². The Morgan fingerprint density at radius 2 is 2.00 bits per heavy atom. The lowest BCUT2D eigenvalue weighted by atomic mass is 9.85. The molecule has 1 unspecified atom stereocenters. The number of aromatic nitrogens is 3. The van der Waals surface area contributed by atoms with Crippen molar-refractivity contribution in [3.8, 4) is 17.0 Å². The van der Waals surface area contributed by atoms with Gasteiger partial charge in [-0.3, -0.25) is 4.79 Å². The van der Waals surface area contributed by atoms with Crippen LogP contribution in [0.2, 0.25) is 0 Å². The first kappa shape index (κ1) is 21.3. The van der Waals surface area contributed by atoms with E-state index in [1.807, 2.05) is 11.0 Å². The van der Waals surface area contributed by atoms with Crippen LogP contribution in [-0.4, -0.2) is 83.8 Å². The fourth-order valence-corrected chi connectivity index (χ4v) is 5.42. The van der Waals surface area contributed by atoms with E-state index in [1.54, 1.807) is 0 Å². The van der Waals surface area contributed by atoms with Crippen molar-refractivity contribution in [1.29, 1.82) is 0 Å². The minimum atomic E-state index is -3.01. The molecule has 0 aromatic carbocycles. The zero-order chi connectivity index (χ0) is 23.6. The van der Waals surface area contributed by atoms with Crippen molar-refractivity contribution in [2.45, 2.75) is 37.6 Å². The minimum absolute atomic E-state index is 0.0104. The molecule has 2 aromatic heterocycles. The van der Waals surface area contributed by atoms with Gasteiger partial charge in [-0.1, -0.05) is 0 Å². The number of ether oxygens (including phenoxy) is 2. The summed E-state index contributed by atoms with van der Waals surface area (Å²) in [5.74, 6) is 1.74. The third-order valence-electron chi connectivity index (χ3n) is 7.35. The number of nitrogens with zero attached hydrogens (tertiary/aromatic N) is 6. The van der Waals surface area contributed by atoms with Crippen LogP contribution in [0, 0.1) is 5.92 Å². The quantitative estimate of drug-likeness (QED) is 0.637. The second-order valence-corrected chi connectivity index (χ2v) is 9.31. The molecule has 0 radical (unpaired) electrons. The van der Waals surface area contributed by atoms with Crippen LogP contribution in [-0.2, 0) is 9.53 Å². The van der Waals surface area contributed by atoms with Gasteiger partial charge in [0.15, 0.2) is 11.6 Å². The second-order valence-electron chi connectivity index (χ2n) is 9.31. The number of hydrogen-bond acceptors (Lipinski definition) is 9. The molecule has 0 spiro atoms. The van der Waals surface area contributed by atoms with Crippen LogP contribution in [0.25, 0.3) is 11.3 Å². The Hall–Kier alpha value is -3.28. The van der Waals surface area contributed by atoms with Crippen molar-refractivity contribution in [3.05, 3.63) is 18.3 Å². The standard InChI is InChI=1S/C22H25F2N7O3/c1-33-10-19(32)31-9-15-16(31)8-30(15)18-5-14(12-4-17(34-21(23)24)20(25)26-6-12)27-22(28-18)29-7-11-2-13(29)3-11/h4-6,11,13,15-16,21H,2-3,7-10H2,1H3,(H2,25,26)/t11?,13?,15?,16-/m1/s1. The van der Waals surface area contributed by atoms with E-state index in [9.17, 15) is 13.6 Å². The number of nitrogens with two attached hydrogens (primary N) is 1. The first-order valence-electron chi connectivity index (χ1n) is 11.3.